The molecule has 3 rings (SSSR count). The zero-order valence-electron chi connectivity index (χ0n) is 15.7. The molecule has 2 amide bonds. The van der Waals surface area contributed by atoms with Crippen molar-refractivity contribution in [1.82, 2.24) is 4.90 Å². The SMILES string of the molecule is COc1ccc(NC(=O)C(c2ccccc2)N2CCC(C(N)=O)CC2)cc1Cl. The fourth-order valence-corrected chi connectivity index (χ4v) is 3.82. The molecular formula is C21H24ClN3O3. The number of piperidine rings is 1. The zero-order valence-corrected chi connectivity index (χ0v) is 16.5. The number of halogens is 1. The number of methoxy groups -OCH3 is 1. The van der Waals surface area contributed by atoms with Gasteiger partial charge in [-0.1, -0.05) is 41.9 Å². The van der Waals surface area contributed by atoms with E-state index in [-0.39, 0.29) is 17.7 Å². The summed E-state index contributed by atoms with van der Waals surface area (Å²) in [5.74, 6) is 0.00197. The van der Waals surface area contributed by atoms with Gasteiger partial charge in [-0.3, -0.25) is 14.5 Å². The predicted octanol–water partition coefficient (Wildman–Crippen LogP) is 3.23. The molecule has 7 heteroatoms. The van der Waals surface area contributed by atoms with E-state index >= 15 is 0 Å². The molecule has 1 atom stereocenters. The molecule has 148 valence electrons. The molecule has 0 spiro atoms. The normalized spacial score (nSPS) is 16.4. The van der Waals surface area contributed by atoms with Crippen LogP contribution in [0.4, 0.5) is 5.69 Å². The molecule has 28 heavy (non-hydrogen) atoms. The van der Waals surface area contributed by atoms with Gasteiger partial charge in [-0.15, -0.1) is 0 Å². The van der Waals surface area contributed by atoms with Gasteiger partial charge in [0, 0.05) is 11.6 Å². The third-order valence-electron chi connectivity index (χ3n) is 5.08. The number of hydrogen-bond acceptors (Lipinski definition) is 4. The first kappa shape index (κ1) is 20.2. The van der Waals surface area contributed by atoms with E-state index in [0.29, 0.717) is 42.4 Å². The van der Waals surface area contributed by atoms with Crippen molar-refractivity contribution in [3.05, 3.63) is 59.1 Å². The molecule has 2 aromatic rings. The molecule has 1 saturated heterocycles. The van der Waals surface area contributed by atoms with Gasteiger partial charge in [-0.05, 0) is 49.7 Å². The number of amides is 2. The highest BCUT2D eigenvalue weighted by atomic mass is 35.5. The number of hydrogen-bond donors (Lipinski definition) is 2. The van der Waals surface area contributed by atoms with Crippen molar-refractivity contribution < 1.29 is 14.3 Å². The minimum absolute atomic E-state index is 0.129. The number of nitrogens with two attached hydrogens (primary N) is 1. The van der Waals surface area contributed by atoms with E-state index in [2.05, 4.69) is 10.2 Å². The molecule has 1 unspecified atom stereocenters. The van der Waals surface area contributed by atoms with E-state index in [1.807, 2.05) is 30.3 Å². The summed E-state index contributed by atoms with van der Waals surface area (Å²) in [7, 11) is 1.54. The number of carbonyl (C=O) groups is 2. The van der Waals surface area contributed by atoms with Crippen molar-refractivity contribution in [3.63, 3.8) is 0 Å². The van der Waals surface area contributed by atoms with E-state index < -0.39 is 6.04 Å². The molecule has 1 heterocycles. The predicted molar refractivity (Wildman–Crippen MR) is 109 cm³/mol. The molecule has 1 aliphatic heterocycles. The molecule has 6 nitrogen and oxygen atoms in total. The first-order valence-corrected chi connectivity index (χ1v) is 9.60. The van der Waals surface area contributed by atoms with E-state index in [1.54, 1.807) is 25.3 Å². The van der Waals surface area contributed by atoms with Crippen LogP contribution in [0.5, 0.6) is 5.75 Å². The highest BCUT2D eigenvalue weighted by Gasteiger charge is 2.32. The van der Waals surface area contributed by atoms with Gasteiger partial charge in [-0.2, -0.15) is 0 Å². The summed E-state index contributed by atoms with van der Waals surface area (Å²) < 4.78 is 5.16. The van der Waals surface area contributed by atoms with Gasteiger partial charge in [0.1, 0.15) is 11.8 Å². The van der Waals surface area contributed by atoms with Crippen LogP contribution < -0.4 is 15.8 Å². The first-order valence-electron chi connectivity index (χ1n) is 9.22. The van der Waals surface area contributed by atoms with Gasteiger partial charge in [0.25, 0.3) is 0 Å². The lowest BCUT2D eigenvalue weighted by atomic mass is 9.93. The minimum atomic E-state index is -0.462. The van der Waals surface area contributed by atoms with Crippen molar-refractivity contribution in [2.45, 2.75) is 18.9 Å². The van der Waals surface area contributed by atoms with Crippen LogP contribution in [-0.2, 0) is 9.59 Å². The summed E-state index contributed by atoms with van der Waals surface area (Å²) in [5.41, 5.74) is 6.94. The zero-order chi connectivity index (χ0) is 20.1. The molecule has 3 N–H and O–H groups in total. The Morgan fingerprint density at radius 2 is 1.86 bits per heavy atom. The summed E-state index contributed by atoms with van der Waals surface area (Å²) in [5, 5.41) is 3.38. The second-order valence-electron chi connectivity index (χ2n) is 6.86. The van der Waals surface area contributed by atoms with Crippen LogP contribution in [0.1, 0.15) is 24.4 Å². The average molecular weight is 402 g/mol. The van der Waals surface area contributed by atoms with Crippen molar-refractivity contribution in [3.8, 4) is 5.75 Å². The minimum Gasteiger partial charge on any atom is -0.495 e. The van der Waals surface area contributed by atoms with E-state index in [9.17, 15) is 9.59 Å². The first-order chi connectivity index (χ1) is 13.5. The third-order valence-corrected chi connectivity index (χ3v) is 5.38. The highest BCUT2D eigenvalue weighted by molar-refractivity contribution is 6.32. The number of ether oxygens (including phenoxy) is 1. The molecule has 0 aliphatic carbocycles. The average Bonchev–Trinajstić information content (AvgIpc) is 2.69. The molecular weight excluding hydrogens is 378 g/mol. The van der Waals surface area contributed by atoms with Crippen molar-refractivity contribution in [1.29, 1.82) is 0 Å². The van der Waals surface area contributed by atoms with Crippen molar-refractivity contribution in [2.75, 3.05) is 25.5 Å². The Morgan fingerprint density at radius 3 is 2.43 bits per heavy atom. The number of nitrogens with one attached hydrogen (secondary N) is 1. The summed E-state index contributed by atoms with van der Waals surface area (Å²) in [4.78, 5) is 26.7. The lowest BCUT2D eigenvalue weighted by Crippen LogP contribution is -2.44. The summed E-state index contributed by atoms with van der Waals surface area (Å²) in [6.07, 6.45) is 1.31. The molecule has 1 fully saturated rings. The van der Waals surface area contributed by atoms with E-state index in [0.717, 1.165) is 5.56 Å². The maximum atomic E-state index is 13.2. The number of carbonyl (C=O) groups excluding carboxylic acids is 2. The lowest BCUT2D eigenvalue weighted by Gasteiger charge is -2.36. The fraction of sp³-hybridized carbons (Fsp3) is 0.333. The van der Waals surface area contributed by atoms with Gasteiger partial charge < -0.3 is 15.8 Å². The number of benzene rings is 2. The van der Waals surface area contributed by atoms with Gasteiger partial charge >= 0.3 is 0 Å². The number of primary amides is 1. The van der Waals surface area contributed by atoms with E-state index in [4.69, 9.17) is 22.1 Å². The Morgan fingerprint density at radius 1 is 1.18 bits per heavy atom. The molecule has 1 aliphatic rings. The van der Waals surface area contributed by atoms with Gasteiger partial charge in [0.15, 0.2) is 0 Å². The van der Waals surface area contributed by atoms with E-state index in [1.165, 1.54) is 0 Å². The van der Waals surface area contributed by atoms with Crippen LogP contribution in [0.2, 0.25) is 5.02 Å². The standard InChI is InChI=1S/C21H24ClN3O3/c1-28-18-8-7-16(13-17(18)22)24-21(27)19(14-5-3-2-4-6-14)25-11-9-15(10-12-25)20(23)26/h2-8,13,15,19H,9-12H2,1H3,(H2,23,26)(H,24,27). The van der Waals surface area contributed by atoms with Gasteiger partial charge in [0.05, 0.1) is 12.1 Å². The smallest absolute Gasteiger partial charge is 0.246 e. The second kappa shape index (κ2) is 9.08. The van der Waals surface area contributed by atoms with Gasteiger partial charge in [-0.25, -0.2) is 0 Å². The van der Waals surface area contributed by atoms with Gasteiger partial charge in [0.2, 0.25) is 11.8 Å². The number of anilines is 1. The van der Waals surface area contributed by atoms with Crippen molar-refractivity contribution >= 4 is 29.1 Å². The highest BCUT2D eigenvalue weighted by Crippen LogP contribution is 2.30. The van der Waals surface area contributed by atoms with Crippen LogP contribution in [0.15, 0.2) is 48.5 Å². The van der Waals surface area contributed by atoms with Crippen LogP contribution in [0.25, 0.3) is 0 Å². The number of rotatable bonds is 6. The summed E-state index contributed by atoms with van der Waals surface area (Å²) in [6, 6.07) is 14.3. The Kier molecular flexibility index (Phi) is 6.54. The summed E-state index contributed by atoms with van der Waals surface area (Å²) >= 11 is 6.17. The molecule has 2 aromatic carbocycles. The Labute approximate surface area is 169 Å². The topological polar surface area (TPSA) is 84.7 Å². The van der Waals surface area contributed by atoms with Crippen LogP contribution >= 0.6 is 11.6 Å². The van der Waals surface area contributed by atoms with Crippen LogP contribution in [-0.4, -0.2) is 36.9 Å². The number of likely N-dealkylation sites (tertiary alicyclic amines) is 1. The van der Waals surface area contributed by atoms with Crippen molar-refractivity contribution in [2.24, 2.45) is 11.7 Å². The molecule has 0 aromatic heterocycles. The van der Waals surface area contributed by atoms with Crippen LogP contribution in [0, 0.1) is 5.92 Å². The molecule has 0 bridgehead atoms. The maximum absolute atomic E-state index is 13.2. The molecule has 0 saturated carbocycles. The Balaban J connectivity index is 1.80. The maximum Gasteiger partial charge on any atom is 0.246 e. The largest absolute Gasteiger partial charge is 0.495 e. The Bertz CT molecular complexity index is 836. The lowest BCUT2D eigenvalue weighted by molar-refractivity contribution is -0.125. The third kappa shape index (κ3) is 4.64. The monoisotopic (exact) mass is 401 g/mol. The Hall–Kier alpha value is -2.57. The molecule has 0 radical (unpaired) electrons. The number of nitrogens with zero attached hydrogens (tertiary/aromatic N) is 1. The fourth-order valence-electron chi connectivity index (χ4n) is 3.56. The second-order valence-corrected chi connectivity index (χ2v) is 7.27. The van der Waals surface area contributed by atoms with Crippen LogP contribution in [0.3, 0.4) is 0 Å². The quantitative estimate of drug-likeness (QED) is 0.778. The summed E-state index contributed by atoms with van der Waals surface area (Å²) in [6.45, 7) is 1.26.